The molecule has 1 aliphatic heterocycles. The molecular formula is C42H49F3N12O10S. The molecule has 26 heteroatoms. The number of thiol groups is 1. The highest BCUT2D eigenvalue weighted by Crippen LogP contribution is 2.15. The van der Waals surface area contributed by atoms with Crippen molar-refractivity contribution in [3.05, 3.63) is 83.6 Å². The number of halogens is 3. The van der Waals surface area contributed by atoms with E-state index < -0.39 is 96.6 Å². The number of aliphatic carboxylic acids is 1. The van der Waals surface area contributed by atoms with Gasteiger partial charge in [-0.05, 0) is 68.0 Å². The molecule has 0 bridgehead atoms. The second-order valence-electron chi connectivity index (χ2n) is 15.0. The lowest BCUT2D eigenvalue weighted by Crippen LogP contribution is -2.58. The fourth-order valence-corrected chi connectivity index (χ4v) is 6.43. The predicted octanol–water partition coefficient (Wildman–Crippen LogP) is -0.0182. The third-order valence-electron chi connectivity index (χ3n) is 9.71. The maximum Gasteiger partial charge on any atom is 0.471 e. The maximum atomic E-state index is 14.0. The number of alkyl halides is 3. The Morgan fingerprint density at radius 3 is 2.15 bits per heavy atom. The number of rotatable bonds is 17. The summed E-state index contributed by atoms with van der Waals surface area (Å²) in [5.74, 6) is -9.91. The molecule has 12 N–H and O–H groups in total. The predicted molar refractivity (Wildman–Crippen MR) is 240 cm³/mol. The first-order valence-electron chi connectivity index (χ1n) is 20.8. The number of aromatic nitrogens is 1. The number of carboxylic acids is 1. The highest BCUT2D eigenvalue weighted by molar-refractivity contribution is 7.80. The van der Waals surface area contributed by atoms with E-state index in [0.717, 1.165) is 10.5 Å². The number of guanidine groups is 1. The topological polar surface area (TPSA) is 337 Å². The Labute approximate surface area is 391 Å². The van der Waals surface area contributed by atoms with Gasteiger partial charge >= 0.3 is 18.1 Å². The van der Waals surface area contributed by atoms with Crippen molar-refractivity contribution < 1.29 is 61.7 Å². The lowest BCUT2D eigenvalue weighted by atomic mass is 10.0. The molecule has 0 saturated carbocycles. The van der Waals surface area contributed by atoms with E-state index in [1.165, 1.54) is 41.8 Å². The smallest absolute Gasteiger partial charge is 0.471 e. The number of aliphatic imine (C=N–C) groups is 1. The van der Waals surface area contributed by atoms with Gasteiger partial charge in [-0.1, -0.05) is 30.3 Å². The van der Waals surface area contributed by atoms with Crippen molar-refractivity contribution >= 4 is 77.9 Å². The molecule has 1 fully saturated rings. The summed E-state index contributed by atoms with van der Waals surface area (Å²) in [4.78, 5) is 112. The molecule has 0 spiro atoms. The molecule has 22 nitrogen and oxygen atoms in total. The summed E-state index contributed by atoms with van der Waals surface area (Å²) in [6.07, 6.45) is -3.62. The van der Waals surface area contributed by atoms with Crippen LogP contribution in [0.5, 0.6) is 5.75 Å². The number of hydrogen-bond acceptors (Lipinski definition) is 14. The number of nitrogens with one attached hydrogen (secondary N) is 8. The number of aromatic hydroxyl groups is 1. The van der Waals surface area contributed by atoms with Gasteiger partial charge in [-0.25, -0.2) is 4.98 Å². The monoisotopic (exact) mass is 970 g/mol. The normalized spacial score (nSPS) is 18.7. The maximum absolute atomic E-state index is 14.0. The number of carbonyl (C=O) groups is 8. The number of phenolic OH excluding ortho intramolecular Hbond substituents is 1. The van der Waals surface area contributed by atoms with Gasteiger partial charge in [-0.2, -0.15) is 18.3 Å². The molecule has 4 atom stereocenters. The number of hydrogen-bond donors (Lipinski definition) is 12. The van der Waals surface area contributed by atoms with Gasteiger partial charge in [-0.15, -0.1) is 12.6 Å². The van der Waals surface area contributed by atoms with E-state index in [1.807, 2.05) is 24.3 Å². The average Bonchev–Trinajstić information content (AvgIpc) is 3.28. The Hall–Kier alpha value is -7.77. The Kier molecular flexibility index (Phi) is 20.1. The van der Waals surface area contributed by atoms with Crippen molar-refractivity contribution in [1.82, 2.24) is 42.2 Å². The second kappa shape index (κ2) is 25.8. The van der Waals surface area contributed by atoms with Gasteiger partial charge in [0, 0.05) is 36.2 Å². The third-order valence-corrected chi connectivity index (χ3v) is 10.1. The van der Waals surface area contributed by atoms with E-state index in [4.69, 9.17) is 5.73 Å². The first-order chi connectivity index (χ1) is 32.3. The Morgan fingerprint density at radius 1 is 0.838 bits per heavy atom. The van der Waals surface area contributed by atoms with Crippen LogP contribution in [0.1, 0.15) is 60.0 Å². The Balaban J connectivity index is 1.50. The van der Waals surface area contributed by atoms with E-state index in [0.29, 0.717) is 11.4 Å². The molecule has 3 aromatic rings. The Morgan fingerprint density at radius 2 is 1.49 bits per heavy atom. The van der Waals surface area contributed by atoms with Gasteiger partial charge in [0.15, 0.2) is 5.96 Å². The number of benzene rings is 2. The Bertz CT molecular complexity index is 2350. The van der Waals surface area contributed by atoms with Crippen molar-refractivity contribution in [1.29, 1.82) is 0 Å². The van der Waals surface area contributed by atoms with Crippen LogP contribution in [0.2, 0.25) is 0 Å². The summed E-state index contributed by atoms with van der Waals surface area (Å²) >= 11 is 4.37. The first-order valence-corrected chi connectivity index (χ1v) is 21.2. The van der Waals surface area contributed by atoms with Gasteiger partial charge in [0.2, 0.25) is 29.5 Å². The lowest BCUT2D eigenvalue weighted by Gasteiger charge is -2.26. The van der Waals surface area contributed by atoms with E-state index in [1.54, 1.807) is 12.3 Å². The minimum atomic E-state index is -5.25. The van der Waals surface area contributed by atoms with E-state index >= 15 is 0 Å². The fourth-order valence-electron chi connectivity index (χ4n) is 6.21. The van der Waals surface area contributed by atoms with Gasteiger partial charge in [0.25, 0.3) is 5.91 Å². The number of amides is 7. The highest BCUT2D eigenvalue weighted by Gasteiger charge is 2.39. The van der Waals surface area contributed by atoms with Gasteiger partial charge in [0.05, 0.1) is 24.7 Å². The van der Waals surface area contributed by atoms with Crippen LogP contribution >= 0.6 is 12.6 Å². The minimum Gasteiger partial charge on any atom is -0.508 e. The molecule has 1 aliphatic rings. The van der Waals surface area contributed by atoms with Crippen molar-refractivity contribution in [2.75, 3.05) is 25.1 Å². The second-order valence-corrected chi connectivity index (χ2v) is 15.4. The standard InChI is InChI=1S/C42H49F3N12O10S/c43-42(44,45)40(67)56-41(46)48-17-5-8-27-36(63)50-22-33(59)52-30(19-34(60)61)39(66)55-29(18-23-10-13-26(58)14-11-23)38(65)54-28(37(64)53-27)7-3-4-16-47-35(62)25-12-15-32(49-20-25)57-51-21-24-6-1-2-9-31(24)68/h1-2,6,9-15,20-21,27-30,58,68H,3-5,7-8,16-19,22H2,(H,47,62)(H,49,57)(H,50,63)(H,52,59)(H,53,64)(H,54,65)(H,55,66)(H,60,61)(H3,46,48,56,67)/b51-21+/t27-,28-,29+,30-/m0/s1. The number of nitrogens with zero attached hydrogens (tertiary/aromatic N) is 3. The zero-order valence-corrected chi connectivity index (χ0v) is 36.9. The highest BCUT2D eigenvalue weighted by atomic mass is 32.1. The number of hydrazone groups is 1. The van der Waals surface area contributed by atoms with Crippen LogP contribution in [-0.2, 0) is 40.0 Å². The molecule has 1 saturated heterocycles. The van der Waals surface area contributed by atoms with Crippen LogP contribution in [0.25, 0.3) is 0 Å². The summed E-state index contributed by atoms with van der Waals surface area (Å²) < 4.78 is 37.9. The van der Waals surface area contributed by atoms with Gasteiger partial charge in [0.1, 0.15) is 35.7 Å². The molecule has 0 unspecified atom stereocenters. The third kappa shape index (κ3) is 17.9. The van der Waals surface area contributed by atoms with Crippen molar-refractivity contribution in [2.45, 2.75) is 80.2 Å². The fraction of sp³-hybridized carbons (Fsp3) is 0.357. The number of carbonyl (C=O) groups excluding carboxylic acids is 7. The molecular weight excluding hydrogens is 922 g/mol. The summed E-state index contributed by atoms with van der Waals surface area (Å²) in [5, 5.41) is 39.5. The molecule has 0 radical (unpaired) electrons. The SMILES string of the molecule is NC(=NCCC[C@@H]1NC(=O)[C@H](CCCCNC(=O)c2ccc(N/N=C/c3ccccc3S)nc2)NC(=O)[C@@H](Cc2ccc(O)cc2)NC(=O)[C@H](CC(=O)O)NC(=O)CNC1=O)NC(=O)C(F)(F)F. The summed E-state index contributed by atoms with van der Waals surface area (Å²) in [5.41, 5.74) is 9.56. The van der Waals surface area contributed by atoms with Crippen LogP contribution in [0.15, 0.2) is 81.8 Å². The zero-order valence-electron chi connectivity index (χ0n) is 36.0. The van der Waals surface area contributed by atoms with E-state index in [9.17, 15) is 61.7 Å². The minimum absolute atomic E-state index is 0.0954. The van der Waals surface area contributed by atoms with Crippen LogP contribution in [0, 0.1) is 0 Å². The van der Waals surface area contributed by atoms with Gasteiger partial charge < -0.3 is 47.8 Å². The number of unbranched alkanes of at least 4 members (excludes halogenated alkanes) is 1. The number of nitrogens with two attached hydrogens (primary N) is 1. The van der Waals surface area contributed by atoms with Crippen molar-refractivity contribution in [2.24, 2.45) is 15.8 Å². The number of phenols is 1. The molecule has 2 aromatic carbocycles. The first kappa shape index (κ1) is 52.9. The average molecular weight is 971 g/mol. The molecule has 7 amide bonds. The summed E-state index contributed by atoms with van der Waals surface area (Å²) in [7, 11) is 0. The molecule has 68 heavy (non-hydrogen) atoms. The number of anilines is 1. The summed E-state index contributed by atoms with van der Waals surface area (Å²) in [6, 6.07) is 9.75. The van der Waals surface area contributed by atoms with E-state index in [-0.39, 0.29) is 62.9 Å². The van der Waals surface area contributed by atoms with Crippen LogP contribution in [-0.4, -0.2) is 125 Å². The van der Waals surface area contributed by atoms with Crippen molar-refractivity contribution in [3.8, 4) is 5.75 Å². The molecule has 4 rings (SSSR count). The van der Waals surface area contributed by atoms with Crippen molar-refractivity contribution in [3.63, 3.8) is 0 Å². The van der Waals surface area contributed by atoms with E-state index in [2.05, 4.69) is 65.0 Å². The van der Waals surface area contributed by atoms with Gasteiger partial charge in [-0.3, -0.25) is 54.1 Å². The molecule has 0 aliphatic carbocycles. The molecule has 1 aromatic heterocycles. The van der Waals surface area contributed by atoms with Crippen LogP contribution < -0.4 is 48.4 Å². The molecule has 2 heterocycles. The quantitative estimate of drug-likeness (QED) is 0.0279. The van der Waals surface area contributed by atoms with Crippen LogP contribution in [0.3, 0.4) is 0 Å². The largest absolute Gasteiger partial charge is 0.508 e. The lowest BCUT2D eigenvalue weighted by molar-refractivity contribution is -0.171. The zero-order chi connectivity index (χ0) is 49.8. The summed E-state index contributed by atoms with van der Waals surface area (Å²) in [6.45, 7) is -1.07. The van der Waals surface area contributed by atoms with Crippen LogP contribution in [0.4, 0.5) is 19.0 Å². The number of carboxylic acid groups (broad SMARTS) is 1. The molecule has 364 valence electrons. The number of pyridine rings is 1.